The Kier molecular flexibility index (Phi) is 2.87. The van der Waals surface area contributed by atoms with E-state index in [0.29, 0.717) is 11.8 Å². The molecule has 66 valence electrons. The quantitative estimate of drug-likeness (QED) is 0.530. The third-order valence-corrected chi connectivity index (χ3v) is 2.14. The van der Waals surface area contributed by atoms with Gasteiger partial charge in [-0.05, 0) is 25.1 Å². The van der Waals surface area contributed by atoms with E-state index in [1.807, 2.05) is 12.2 Å². The molecular weight excluding hydrogens is 170 g/mol. The molecular formula is C9H13NOS. The lowest BCUT2D eigenvalue weighted by atomic mass is 9.93. The fraction of sp³-hybridized carbons (Fsp3) is 0.444. The van der Waals surface area contributed by atoms with Crippen molar-refractivity contribution < 1.29 is 4.74 Å². The van der Waals surface area contributed by atoms with E-state index in [-0.39, 0.29) is 5.54 Å². The predicted molar refractivity (Wildman–Crippen MR) is 54.0 cm³/mol. The van der Waals surface area contributed by atoms with E-state index < -0.39 is 0 Å². The zero-order valence-electron chi connectivity index (χ0n) is 7.01. The van der Waals surface area contributed by atoms with Crippen molar-refractivity contribution >= 4 is 17.4 Å². The highest BCUT2D eigenvalue weighted by Crippen LogP contribution is 2.22. The van der Waals surface area contributed by atoms with E-state index in [0.717, 1.165) is 12.8 Å². The monoisotopic (exact) mass is 183 g/mol. The fourth-order valence-corrected chi connectivity index (χ4v) is 1.62. The third kappa shape index (κ3) is 1.85. The van der Waals surface area contributed by atoms with Gasteiger partial charge in [-0.25, -0.2) is 0 Å². The number of thiocarbonyl (C=S) groups is 1. The number of nitrogens with one attached hydrogen (secondary N) is 1. The zero-order chi connectivity index (χ0) is 9.03. The fourth-order valence-electron chi connectivity index (χ4n) is 1.35. The van der Waals surface area contributed by atoms with Gasteiger partial charge in [-0.15, -0.1) is 13.2 Å². The summed E-state index contributed by atoms with van der Waals surface area (Å²) in [6.07, 6.45) is 5.43. The molecule has 0 radical (unpaired) electrons. The second-order valence-corrected chi connectivity index (χ2v) is 3.34. The van der Waals surface area contributed by atoms with Crippen LogP contribution in [0.3, 0.4) is 0 Å². The Bertz CT molecular complexity index is 203. The third-order valence-electron chi connectivity index (χ3n) is 1.92. The largest absolute Gasteiger partial charge is 0.469 e. The van der Waals surface area contributed by atoms with Gasteiger partial charge in [-0.1, -0.05) is 12.2 Å². The molecule has 1 heterocycles. The summed E-state index contributed by atoms with van der Waals surface area (Å²) in [5, 5.41) is 3.62. The maximum Gasteiger partial charge on any atom is 0.257 e. The lowest BCUT2D eigenvalue weighted by molar-refractivity contribution is 0.266. The predicted octanol–water partition coefficient (Wildman–Crippen LogP) is 1.78. The maximum atomic E-state index is 5.20. The van der Waals surface area contributed by atoms with Crippen molar-refractivity contribution in [2.45, 2.75) is 18.4 Å². The second kappa shape index (κ2) is 3.72. The van der Waals surface area contributed by atoms with Gasteiger partial charge in [0.2, 0.25) is 0 Å². The molecule has 1 fully saturated rings. The van der Waals surface area contributed by atoms with E-state index in [4.69, 9.17) is 17.0 Å². The molecule has 0 unspecified atom stereocenters. The van der Waals surface area contributed by atoms with Crippen LogP contribution in [0.5, 0.6) is 0 Å². The smallest absolute Gasteiger partial charge is 0.257 e. The standard InChI is InChI=1S/C9H13NOS/c1-3-5-9(6-4-2)7-11-8(12)10-9/h3-4H,1-2,5-7H2,(H,10,12). The van der Waals surface area contributed by atoms with Gasteiger partial charge in [-0.2, -0.15) is 0 Å². The summed E-state index contributed by atoms with van der Waals surface area (Å²) >= 11 is 4.89. The van der Waals surface area contributed by atoms with Gasteiger partial charge >= 0.3 is 0 Å². The zero-order valence-corrected chi connectivity index (χ0v) is 7.82. The van der Waals surface area contributed by atoms with E-state index >= 15 is 0 Å². The number of rotatable bonds is 4. The molecule has 1 saturated heterocycles. The molecule has 1 rings (SSSR count). The summed E-state index contributed by atoms with van der Waals surface area (Å²) in [6.45, 7) is 8.02. The summed E-state index contributed by atoms with van der Waals surface area (Å²) in [5.41, 5.74) is -0.0828. The van der Waals surface area contributed by atoms with E-state index in [9.17, 15) is 0 Å². The Labute approximate surface area is 78.3 Å². The Hall–Kier alpha value is -0.830. The summed E-state index contributed by atoms with van der Waals surface area (Å²) in [5.74, 6) is 0. The first-order valence-corrected chi connectivity index (χ1v) is 4.30. The van der Waals surface area contributed by atoms with Crippen LogP contribution in [0.2, 0.25) is 0 Å². The lowest BCUT2D eigenvalue weighted by Gasteiger charge is -2.23. The van der Waals surface area contributed by atoms with Gasteiger partial charge in [0.15, 0.2) is 0 Å². The van der Waals surface area contributed by atoms with Crippen LogP contribution in [0.25, 0.3) is 0 Å². The average Bonchev–Trinajstić information content (AvgIpc) is 2.34. The van der Waals surface area contributed by atoms with Crippen LogP contribution < -0.4 is 5.32 Å². The van der Waals surface area contributed by atoms with E-state index in [2.05, 4.69) is 18.5 Å². The molecule has 0 spiro atoms. The minimum absolute atomic E-state index is 0.0828. The molecule has 0 saturated carbocycles. The van der Waals surface area contributed by atoms with E-state index in [1.54, 1.807) is 0 Å². The lowest BCUT2D eigenvalue weighted by Crippen LogP contribution is -2.42. The minimum Gasteiger partial charge on any atom is -0.469 e. The highest BCUT2D eigenvalue weighted by atomic mass is 32.1. The second-order valence-electron chi connectivity index (χ2n) is 2.97. The van der Waals surface area contributed by atoms with Crippen molar-refractivity contribution in [2.24, 2.45) is 0 Å². The molecule has 0 bridgehead atoms. The maximum absolute atomic E-state index is 5.20. The summed E-state index contributed by atoms with van der Waals surface area (Å²) in [7, 11) is 0. The Balaban J connectivity index is 2.65. The van der Waals surface area contributed by atoms with Crippen LogP contribution in [-0.4, -0.2) is 17.3 Å². The van der Waals surface area contributed by atoms with Gasteiger partial charge in [0.05, 0.1) is 5.54 Å². The van der Waals surface area contributed by atoms with Crippen LogP contribution in [0.15, 0.2) is 25.3 Å². The van der Waals surface area contributed by atoms with Gasteiger partial charge in [0, 0.05) is 0 Å². The Morgan fingerprint density at radius 3 is 2.42 bits per heavy atom. The molecule has 0 aromatic heterocycles. The van der Waals surface area contributed by atoms with Crippen LogP contribution in [0, 0.1) is 0 Å². The first-order chi connectivity index (χ1) is 5.72. The molecule has 3 heteroatoms. The van der Waals surface area contributed by atoms with Crippen molar-refractivity contribution in [2.75, 3.05) is 6.61 Å². The van der Waals surface area contributed by atoms with Gasteiger partial charge < -0.3 is 10.1 Å². The molecule has 1 aliphatic rings. The van der Waals surface area contributed by atoms with Crippen LogP contribution in [0.4, 0.5) is 0 Å². The number of ether oxygens (including phenoxy) is 1. The Morgan fingerprint density at radius 1 is 1.50 bits per heavy atom. The number of hydrogen-bond donors (Lipinski definition) is 1. The summed E-state index contributed by atoms with van der Waals surface area (Å²) < 4.78 is 5.20. The minimum atomic E-state index is -0.0828. The molecule has 0 aliphatic carbocycles. The highest BCUT2D eigenvalue weighted by Gasteiger charge is 2.35. The topological polar surface area (TPSA) is 21.3 Å². The molecule has 0 amide bonds. The van der Waals surface area contributed by atoms with Crippen LogP contribution >= 0.6 is 12.2 Å². The van der Waals surface area contributed by atoms with Crippen LogP contribution in [-0.2, 0) is 4.74 Å². The molecule has 0 aromatic rings. The van der Waals surface area contributed by atoms with Crippen molar-refractivity contribution in [3.8, 4) is 0 Å². The van der Waals surface area contributed by atoms with Crippen molar-refractivity contribution in [3.63, 3.8) is 0 Å². The SMILES string of the molecule is C=CCC1(CC=C)COC(=S)N1. The van der Waals surface area contributed by atoms with Gasteiger partial charge in [0.25, 0.3) is 5.17 Å². The molecule has 12 heavy (non-hydrogen) atoms. The van der Waals surface area contributed by atoms with Crippen molar-refractivity contribution in [1.82, 2.24) is 5.32 Å². The first-order valence-electron chi connectivity index (χ1n) is 3.89. The van der Waals surface area contributed by atoms with Crippen molar-refractivity contribution in [3.05, 3.63) is 25.3 Å². The normalized spacial score (nSPS) is 19.5. The molecule has 2 nitrogen and oxygen atoms in total. The first kappa shape index (κ1) is 9.26. The average molecular weight is 183 g/mol. The summed E-state index contributed by atoms with van der Waals surface area (Å²) in [6, 6.07) is 0. The van der Waals surface area contributed by atoms with Crippen LogP contribution in [0.1, 0.15) is 12.8 Å². The van der Waals surface area contributed by atoms with Gasteiger partial charge in [0.1, 0.15) is 6.61 Å². The molecule has 0 aromatic carbocycles. The van der Waals surface area contributed by atoms with E-state index in [1.165, 1.54) is 0 Å². The molecule has 1 aliphatic heterocycles. The highest BCUT2D eigenvalue weighted by molar-refractivity contribution is 7.80. The molecule has 1 N–H and O–H groups in total. The number of hydrogen-bond acceptors (Lipinski definition) is 2. The molecule has 0 atom stereocenters. The Morgan fingerprint density at radius 2 is 2.08 bits per heavy atom. The summed E-state index contributed by atoms with van der Waals surface area (Å²) in [4.78, 5) is 0. The van der Waals surface area contributed by atoms with Gasteiger partial charge in [-0.3, -0.25) is 0 Å². The van der Waals surface area contributed by atoms with Crippen molar-refractivity contribution in [1.29, 1.82) is 0 Å².